The molecule has 3 aliphatic heterocycles. The zero-order chi connectivity index (χ0) is 25.7. The molecule has 2 bridgehead atoms. The van der Waals surface area contributed by atoms with Gasteiger partial charge in [-0.1, -0.05) is 31.2 Å². The number of Topliss-reactive ketones (excluding diaryl/α,β-unsaturated/α-hetero) is 1. The number of fused-ring (bicyclic) bond motifs is 3. The van der Waals surface area contributed by atoms with Crippen LogP contribution in [0.5, 0.6) is 0 Å². The minimum atomic E-state index is -0.404. The average Bonchev–Trinajstić information content (AvgIpc) is 3.68. The normalized spacial score (nSPS) is 25.0. The van der Waals surface area contributed by atoms with Crippen molar-refractivity contribution in [3.8, 4) is 11.4 Å². The number of rotatable bonds is 6. The van der Waals surface area contributed by atoms with Crippen LogP contribution in [-0.2, 0) is 25.4 Å². The monoisotopic (exact) mass is 517 g/mol. The topological polar surface area (TPSA) is 91.6 Å². The third-order valence-corrected chi connectivity index (χ3v) is 8.66. The molecular weight excluding hydrogens is 482 g/mol. The van der Waals surface area contributed by atoms with Gasteiger partial charge in [0.25, 0.3) is 0 Å². The fraction of sp³-hybridized carbons (Fsp3) is 0.586. The highest BCUT2D eigenvalue weighted by molar-refractivity contribution is 5.89. The number of anilines is 1. The zero-order valence-electron chi connectivity index (χ0n) is 22.0. The molecule has 5 heterocycles. The van der Waals surface area contributed by atoms with Crippen molar-refractivity contribution in [2.75, 3.05) is 31.2 Å². The molecule has 1 aromatic carbocycles. The molecule has 0 amide bonds. The van der Waals surface area contributed by atoms with Gasteiger partial charge in [0.05, 0.1) is 43.0 Å². The van der Waals surface area contributed by atoms with E-state index in [0.29, 0.717) is 31.9 Å². The Morgan fingerprint density at radius 1 is 1.00 bits per heavy atom. The van der Waals surface area contributed by atoms with Gasteiger partial charge in [-0.2, -0.15) is 5.10 Å². The van der Waals surface area contributed by atoms with E-state index in [1.54, 1.807) is 0 Å². The fourth-order valence-corrected chi connectivity index (χ4v) is 6.53. The average molecular weight is 518 g/mol. The minimum Gasteiger partial charge on any atom is -0.371 e. The molecule has 2 unspecified atom stereocenters. The maximum atomic E-state index is 11.9. The second-order valence-electron chi connectivity index (χ2n) is 11.2. The predicted octanol–water partition coefficient (Wildman–Crippen LogP) is 4.24. The van der Waals surface area contributed by atoms with Crippen LogP contribution in [0.2, 0.25) is 0 Å². The highest BCUT2D eigenvalue weighted by atomic mass is 16.7. The quantitative estimate of drug-likeness (QED) is 0.480. The van der Waals surface area contributed by atoms with Crippen LogP contribution in [0.1, 0.15) is 63.5 Å². The Hall–Kier alpha value is -2.88. The minimum absolute atomic E-state index is 0.241. The number of morpholine rings is 1. The highest BCUT2D eigenvalue weighted by Crippen LogP contribution is 2.42. The first kappa shape index (κ1) is 24.2. The summed E-state index contributed by atoms with van der Waals surface area (Å²) >= 11 is 0. The van der Waals surface area contributed by atoms with Gasteiger partial charge in [-0.25, -0.2) is 14.6 Å². The molecule has 3 aromatic rings. The van der Waals surface area contributed by atoms with Gasteiger partial charge in [0.1, 0.15) is 11.6 Å². The van der Waals surface area contributed by atoms with Crippen LogP contribution in [-0.4, -0.2) is 69.8 Å². The van der Waals surface area contributed by atoms with E-state index < -0.39 is 5.79 Å². The summed E-state index contributed by atoms with van der Waals surface area (Å²) in [5, 5.41) is 5.87. The Bertz CT molecular complexity index is 1310. The summed E-state index contributed by atoms with van der Waals surface area (Å²) in [5.74, 6) is 1.47. The number of carbonyl (C=O) groups is 1. The molecule has 1 saturated carbocycles. The van der Waals surface area contributed by atoms with E-state index in [0.717, 1.165) is 79.6 Å². The third-order valence-electron chi connectivity index (χ3n) is 8.66. The Morgan fingerprint density at radius 3 is 2.39 bits per heavy atom. The van der Waals surface area contributed by atoms with Crippen LogP contribution in [0.3, 0.4) is 0 Å². The molecule has 1 spiro atoms. The Kier molecular flexibility index (Phi) is 6.17. The number of hydrogen-bond acceptors (Lipinski definition) is 8. The lowest BCUT2D eigenvalue weighted by Gasteiger charge is -2.35. The van der Waals surface area contributed by atoms with Gasteiger partial charge >= 0.3 is 0 Å². The number of hydrogen-bond donors (Lipinski definition) is 0. The zero-order valence-corrected chi connectivity index (χ0v) is 22.0. The first-order valence-electron chi connectivity index (χ1n) is 14.1. The second kappa shape index (κ2) is 9.70. The van der Waals surface area contributed by atoms with Gasteiger partial charge in [0.2, 0.25) is 0 Å². The molecule has 2 aromatic heterocycles. The third kappa shape index (κ3) is 4.40. The van der Waals surface area contributed by atoms with Crippen LogP contribution < -0.4 is 4.90 Å². The summed E-state index contributed by atoms with van der Waals surface area (Å²) < 4.78 is 20.1. The Morgan fingerprint density at radius 2 is 1.71 bits per heavy atom. The standard InChI is InChI=1S/C29H35N5O4/c1-2-22(35)15-19-3-5-20(6-4-19)26-31-27(33-17-23-7-8-24(18-33)38-23)25-16-30-34(28(25)32-26)21-9-11-29(12-10-21)36-13-14-37-29/h3-6,16,21,23-24H,2,7-15,17-18H2,1H3. The summed E-state index contributed by atoms with van der Waals surface area (Å²) in [6, 6.07) is 8.35. The van der Waals surface area contributed by atoms with Gasteiger partial charge in [-0.15, -0.1) is 0 Å². The SMILES string of the molecule is CCC(=O)Cc1ccc(-c2nc(N3CC4CCC(C3)O4)c3cnn(C4CCC5(CC4)OCCO5)c3n2)cc1. The Balaban J connectivity index is 1.25. The van der Waals surface area contributed by atoms with Crippen LogP contribution in [0.15, 0.2) is 30.5 Å². The lowest BCUT2D eigenvalue weighted by atomic mass is 9.90. The van der Waals surface area contributed by atoms with Crippen molar-refractivity contribution >= 4 is 22.6 Å². The summed E-state index contributed by atoms with van der Waals surface area (Å²) in [4.78, 5) is 24.5. The number of carbonyl (C=O) groups excluding carboxylic acids is 1. The maximum absolute atomic E-state index is 11.9. The van der Waals surface area contributed by atoms with E-state index in [1.165, 1.54) is 0 Å². The van der Waals surface area contributed by atoms with Crippen molar-refractivity contribution in [2.45, 2.75) is 82.3 Å². The first-order valence-corrected chi connectivity index (χ1v) is 14.1. The molecular formula is C29H35N5O4. The first-order chi connectivity index (χ1) is 18.6. The number of nitrogens with zero attached hydrogens (tertiary/aromatic N) is 5. The highest BCUT2D eigenvalue weighted by Gasteiger charge is 2.41. The molecule has 9 nitrogen and oxygen atoms in total. The van der Waals surface area contributed by atoms with Crippen molar-refractivity contribution in [1.82, 2.24) is 19.7 Å². The molecule has 38 heavy (non-hydrogen) atoms. The summed E-state index contributed by atoms with van der Waals surface area (Å²) in [6.07, 6.45) is 9.30. The lowest BCUT2D eigenvalue weighted by molar-refractivity contribution is -0.181. The van der Waals surface area contributed by atoms with Crippen molar-refractivity contribution in [3.05, 3.63) is 36.0 Å². The number of ether oxygens (including phenoxy) is 3. The number of aromatic nitrogens is 4. The molecule has 9 heteroatoms. The molecule has 7 rings (SSSR count). The van der Waals surface area contributed by atoms with E-state index in [-0.39, 0.29) is 24.0 Å². The van der Waals surface area contributed by atoms with Gasteiger partial charge in [-0.05, 0) is 31.2 Å². The van der Waals surface area contributed by atoms with E-state index in [9.17, 15) is 4.79 Å². The van der Waals surface area contributed by atoms with Gasteiger partial charge < -0.3 is 19.1 Å². The van der Waals surface area contributed by atoms with E-state index >= 15 is 0 Å². The smallest absolute Gasteiger partial charge is 0.168 e. The van der Waals surface area contributed by atoms with Crippen molar-refractivity contribution < 1.29 is 19.0 Å². The molecule has 200 valence electrons. The second-order valence-corrected chi connectivity index (χ2v) is 11.2. The van der Waals surface area contributed by atoms with Crippen LogP contribution >= 0.6 is 0 Å². The van der Waals surface area contributed by atoms with E-state index in [1.807, 2.05) is 37.4 Å². The van der Waals surface area contributed by atoms with E-state index in [2.05, 4.69) is 9.58 Å². The van der Waals surface area contributed by atoms with Crippen molar-refractivity contribution in [3.63, 3.8) is 0 Å². The summed E-state index contributed by atoms with van der Waals surface area (Å²) in [7, 11) is 0. The number of benzene rings is 1. The molecule has 0 radical (unpaired) electrons. The number of ketones is 1. The molecule has 0 N–H and O–H groups in total. The van der Waals surface area contributed by atoms with Crippen LogP contribution in [0.4, 0.5) is 5.82 Å². The largest absolute Gasteiger partial charge is 0.371 e. The summed E-state index contributed by atoms with van der Waals surface area (Å²) in [6.45, 7) is 4.95. The molecule has 4 fully saturated rings. The van der Waals surface area contributed by atoms with Gasteiger partial charge in [0.15, 0.2) is 17.3 Å². The molecule has 3 saturated heterocycles. The molecule has 1 aliphatic carbocycles. The molecule has 2 atom stereocenters. The van der Waals surface area contributed by atoms with Crippen molar-refractivity contribution in [1.29, 1.82) is 0 Å². The maximum Gasteiger partial charge on any atom is 0.168 e. The summed E-state index contributed by atoms with van der Waals surface area (Å²) in [5.41, 5.74) is 2.84. The predicted molar refractivity (Wildman–Crippen MR) is 142 cm³/mol. The molecule has 4 aliphatic rings. The van der Waals surface area contributed by atoms with Gasteiger partial charge in [0, 0.05) is 44.3 Å². The van der Waals surface area contributed by atoms with E-state index in [4.69, 9.17) is 29.3 Å². The van der Waals surface area contributed by atoms with Crippen molar-refractivity contribution in [2.24, 2.45) is 0 Å². The van der Waals surface area contributed by atoms with Crippen LogP contribution in [0, 0.1) is 0 Å². The van der Waals surface area contributed by atoms with Gasteiger partial charge in [-0.3, -0.25) is 4.79 Å². The fourth-order valence-electron chi connectivity index (χ4n) is 6.53. The lowest BCUT2D eigenvalue weighted by Crippen LogP contribution is -2.43. The van der Waals surface area contributed by atoms with Crippen LogP contribution in [0.25, 0.3) is 22.4 Å². The Labute approximate surface area is 222 Å².